The molecule has 0 bridgehead atoms. The van der Waals surface area contributed by atoms with Gasteiger partial charge in [-0.25, -0.2) is 4.79 Å². The first-order chi connectivity index (χ1) is 14.3. The highest BCUT2D eigenvalue weighted by molar-refractivity contribution is 5.95. The summed E-state index contributed by atoms with van der Waals surface area (Å²) in [5, 5.41) is 2.86. The number of anilines is 1. The number of nitrogens with zero attached hydrogens (tertiary/aromatic N) is 3. The highest BCUT2D eigenvalue weighted by Crippen LogP contribution is 2.18. The van der Waals surface area contributed by atoms with E-state index in [9.17, 15) is 14.4 Å². The van der Waals surface area contributed by atoms with E-state index in [1.54, 1.807) is 11.6 Å². The van der Waals surface area contributed by atoms with Crippen molar-refractivity contribution in [1.29, 1.82) is 0 Å². The summed E-state index contributed by atoms with van der Waals surface area (Å²) in [5.74, 6) is -0.576. The molecule has 2 amide bonds. The smallest absolute Gasteiger partial charge is 0.329 e. The van der Waals surface area contributed by atoms with E-state index < -0.39 is 0 Å². The van der Waals surface area contributed by atoms with Crippen LogP contribution >= 0.6 is 0 Å². The Morgan fingerprint density at radius 2 is 1.67 bits per heavy atom. The number of aryl methyl sites for hydroxylation is 2. The van der Waals surface area contributed by atoms with Gasteiger partial charge in [-0.3, -0.25) is 18.7 Å². The summed E-state index contributed by atoms with van der Waals surface area (Å²) >= 11 is 0. The maximum absolute atomic E-state index is 12.8. The van der Waals surface area contributed by atoms with E-state index in [1.165, 1.54) is 9.47 Å². The van der Waals surface area contributed by atoms with Gasteiger partial charge in [0.15, 0.2) is 0 Å². The molecule has 3 aromatic rings. The van der Waals surface area contributed by atoms with E-state index in [0.29, 0.717) is 6.54 Å². The molecule has 0 saturated carbocycles. The summed E-state index contributed by atoms with van der Waals surface area (Å²) in [4.78, 5) is 39.4. The molecule has 2 aromatic carbocycles. The highest BCUT2D eigenvalue weighted by atomic mass is 16.2. The van der Waals surface area contributed by atoms with Crippen LogP contribution in [-0.2, 0) is 22.7 Å². The van der Waals surface area contributed by atoms with Gasteiger partial charge in [0, 0.05) is 19.3 Å². The highest BCUT2D eigenvalue weighted by Gasteiger charge is 2.19. The van der Waals surface area contributed by atoms with Crippen molar-refractivity contribution in [2.75, 3.05) is 18.9 Å². The number of carbonyl (C=O) groups excluding carboxylic acids is 2. The monoisotopic (exact) mass is 408 g/mol. The Kier molecular flexibility index (Phi) is 6.40. The number of amides is 2. The van der Waals surface area contributed by atoms with Gasteiger partial charge in [-0.05, 0) is 49.6 Å². The second-order valence-electron chi connectivity index (χ2n) is 7.55. The number of nitrogens with one attached hydrogen (secondary N) is 1. The fourth-order valence-electron chi connectivity index (χ4n) is 3.50. The topological polar surface area (TPSA) is 76.3 Å². The van der Waals surface area contributed by atoms with Crippen LogP contribution in [0.5, 0.6) is 0 Å². The Bertz CT molecular complexity index is 1140. The van der Waals surface area contributed by atoms with Crippen molar-refractivity contribution < 1.29 is 9.59 Å². The molecule has 3 rings (SSSR count). The van der Waals surface area contributed by atoms with Crippen LogP contribution in [0.2, 0.25) is 0 Å². The van der Waals surface area contributed by atoms with Crippen LogP contribution in [0, 0.1) is 13.8 Å². The lowest BCUT2D eigenvalue weighted by Crippen LogP contribution is -2.38. The molecule has 0 saturated heterocycles. The number of fused-ring (bicyclic) bond motifs is 1. The number of hydrogen-bond acceptors (Lipinski definition) is 3. The van der Waals surface area contributed by atoms with Gasteiger partial charge in [-0.15, -0.1) is 0 Å². The largest absolute Gasteiger partial charge is 0.335 e. The second-order valence-corrected chi connectivity index (χ2v) is 7.55. The average molecular weight is 409 g/mol. The Morgan fingerprint density at radius 1 is 1.00 bits per heavy atom. The van der Waals surface area contributed by atoms with Gasteiger partial charge < -0.3 is 10.2 Å². The van der Waals surface area contributed by atoms with Crippen molar-refractivity contribution in [2.24, 2.45) is 0 Å². The Balaban J connectivity index is 1.73. The normalized spacial score (nSPS) is 10.9. The number of likely N-dealkylation sites (N-methyl/N-ethyl adjacent to an activating group) is 1. The minimum absolute atomic E-state index is 0.0887. The fourth-order valence-corrected chi connectivity index (χ4v) is 3.50. The summed E-state index contributed by atoms with van der Waals surface area (Å²) in [5.41, 5.74) is 4.14. The first-order valence-electron chi connectivity index (χ1n) is 10.1. The van der Waals surface area contributed by atoms with E-state index in [1.807, 2.05) is 63.2 Å². The van der Waals surface area contributed by atoms with E-state index in [2.05, 4.69) is 5.32 Å². The van der Waals surface area contributed by atoms with E-state index in [4.69, 9.17) is 0 Å². The van der Waals surface area contributed by atoms with Gasteiger partial charge >= 0.3 is 5.69 Å². The molecule has 0 aliphatic heterocycles. The summed E-state index contributed by atoms with van der Waals surface area (Å²) in [7, 11) is 1.57. The number of aromatic nitrogens is 2. The average Bonchev–Trinajstić information content (AvgIpc) is 2.97. The van der Waals surface area contributed by atoms with Crippen LogP contribution in [0.25, 0.3) is 11.0 Å². The minimum Gasteiger partial charge on any atom is -0.335 e. The quantitative estimate of drug-likeness (QED) is 0.653. The third kappa shape index (κ3) is 4.30. The lowest BCUT2D eigenvalue weighted by molar-refractivity contribution is -0.133. The molecule has 0 fully saturated rings. The second kappa shape index (κ2) is 8.98. The molecule has 0 aliphatic rings. The fraction of sp³-hybridized carbons (Fsp3) is 0.348. The third-order valence-electron chi connectivity index (χ3n) is 5.35. The van der Waals surface area contributed by atoms with Gasteiger partial charge in [0.25, 0.3) is 0 Å². The van der Waals surface area contributed by atoms with E-state index in [-0.39, 0.29) is 30.6 Å². The molecule has 158 valence electrons. The molecule has 1 N–H and O–H groups in total. The van der Waals surface area contributed by atoms with Gasteiger partial charge in [0.2, 0.25) is 11.8 Å². The van der Waals surface area contributed by atoms with Crippen molar-refractivity contribution in [1.82, 2.24) is 14.0 Å². The van der Waals surface area contributed by atoms with Crippen molar-refractivity contribution in [2.45, 2.75) is 40.3 Å². The molecule has 1 heterocycles. The molecular weight excluding hydrogens is 380 g/mol. The summed E-state index contributed by atoms with van der Waals surface area (Å²) in [6.45, 7) is 6.32. The molecule has 0 radical (unpaired) electrons. The van der Waals surface area contributed by atoms with Crippen LogP contribution in [0.4, 0.5) is 5.69 Å². The van der Waals surface area contributed by atoms with Gasteiger partial charge in [0.05, 0.1) is 17.6 Å². The van der Waals surface area contributed by atoms with Crippen LogP contribution in [0.1, 0.15) is 24.5 Å². The molecular formula is C23H28N4O3. The number of para-hydroxylation sites is 2. The maximum atomic E-state index is 12.8. The number of imidazole rings is 1. The molecule has 7 heteroatoms. The van der Waals surface area contributed by atoms with Crippen molar-refractivity contribution in [3.63, 3.8) is 0 Å². The predicted molar refractivity (Wildman–Crippen MR) is 119 cm³/mol. The number of carbonyl (C=O) groups is 2. The van der Waals surface area contributed by atoms with Crippen molar-refractivity contribution >= 4 is 28.5 Å². The maximum Gasteiger partial charge on any atom is 0.329 e. The van der Waals surface area contributed by atoms with Crippen LogP contribution in [0.3, 0.4) is 0 Å². The Morgan fingerprint density at radius 3 is 2.33 bits per heavy atom. The predicted octanol–water partition coefficient (Wildman–Crippen LogP) is 2.93. The van der Waals surface area contributed by atoms with E-state index in [0.717, 1.165) is 34.3 Å². The summed E-state index contributed by atoms with van der Waals surface area (Å²) in [6, 6.07) is 13.1. The zero-order chi connectivity index (χ0) is 21.8. The van der Waals surface area contributed by atoms with Gasteiger partial charge in [-0.2, -0.15) is 0 Å². The molecule has 7 nitrogen and oxygen atoms in total. The third-order valence-corrected chi connectivity index (χ3v) is 5.35. The molecule has 30 heavy (non-hydrogen) atoms. The number of hydrogen-bond donors (Lipinski definition) is 1. The Labute approximate surface area is 175 Å². The first-order valence-corrected chi connectivity index (χ1v) is 10.1. The van der Waals surface area contributed by atoms with Gasteiger partial charge in [-0.1, -0.05) is 31.2 Å². The molecule has 0 atom stereocenters. The van der Waals surface area contributed by atoms with Crippen molar-refractivity contribution in [3.8, 4) is 0 Å². The zero-order valence-corrected chi connectivity index (χ0v) is 17.9. The standard InChI is InChI=1S/C23H28N4O3/c1-5-13-26-19-11-6-7-12-20(19)27(23(26)30)15-22(29)25(4)14-21(28)24-18-10-8-9-16(2)17(18)3/h6-12H,5,13-15H2,1-4H3,(H,24,28). The number of rotatable bonds is 7. The molecule has 0 unspecified atom stereocenters. The minimum atomic E-state index is -0.299. The molecule has 0 aliphatic carbocycles. The van der Waals surface area contributed by atoms with Gasteiger partial charge in [0.1, 0.15) is 6.54 Å². The van der Waals surface area contributed by atoms with Crippen LogP contribution < -0.4 is 11.0 Å². The first kappa shape index (κ1) is 21.4. The van der Waals surface area contributed by atoms with Crippen molar-refractivity contribution in [3.05, 3.63) is 64.1 Å². The van der Waals surface area contributed by atoms with Crippen LogP contribution in [-0.4, -0.2) is 39.4 Å². The van der Waals surface area contributed by atoms with Crippen LogP contribution in [0.15, 0.2) is 47.3 Å². The Hall–Kier alpha value is -3.35. The summed E-state index contributed by atoms with van der Waals surface area (Å²) in [6.07, 6.45) is 0.820. The summed E-state index contributed by atoms with van der Waals surface area (Å²) < 4.78 is 3.17. The molecule has 0 spiro atoms. The number of benzene rings is 2. The molecule has 1 aromatic heterocycles. The SMILES string of the molecule is CCCn1c(=O)n(CC(=O)N(C)CC(=O)Nc2cccc(C)c2C)c2ccccc21. The lowest BCUT2D eigenvalue weighted by Gasteiger charge is -2.18. The van der Waals surface area contributed by atoms with E-state index >= 15 is 0 Å². The zero-order valence-electron chi connectivity index (χ0n) is 17.9. The lowest BCUT2D eigenvalue weighted by atomic mass is 10.1.